The molecule has 1 aromatic carbocycles. The van der Waals surface area contributed by atoms with Gasteiger partial charge in [0.05, 0.1) is 18.8 Å². The highest BCUT2D eigenvalue weighted by atomic mass is 19.4. The van der Waals surface area contributed by atoms with E-state index in [0.717, 1.165) is 6.07 Å². The normalized spacial score (nSPS) is 14.5. The van der Waals surface area contributed by atoms with Crippen molar-refractivity contribution in [2.45, 2.75) is 43.9 Å². The minimum absolute atomic E-state index is 0.215. The van der Waals surface area contributed by atoms with Crippen LogP contribution in [0.3, 0.4) is 0 Å². The van der Waals surface area contributed by atoms with Crippen molar-refractivity contribution in [3.63, 3.8) is 0 Å². The number of aliphatic hydroxyl groups is 1. The molecule has 9 heteroatoms. The molecule has 3 N–H and O–H groups in total. The zero-order chi connectivity index (χ0) is 23.0. The van der Waals surface area contributed by atoms with E-state index in [2.05, 4.69) is 15.3 Å². The predicted molar refractivity (Wildman–Crippen MR) is 111 cm³/mol. The first kappa shape index (κ1) is 22.9. The Morgan fingerprint density at radius 3 is 2.48 bits per heavy atom. The largest absolute Gasteiger partial charge is 0.496 e. The van der Waals surface area contributed by atoms with Gasteiger partial charge in [-0.05, 0) is 42.2 Å². The number of aromatic nitrogens is 2. The number of fused-ring (bicyclic) bond motifs is 1. The number of nitrogens with zero attached hydrogens (tertiary/aromatic N) is 1. The highest BCUT2D eigenvalue weighted by Crippen LogP contribution is 2.45. The average molecular weight is 439 g/mol. The molecule has 0 bridgehead atoms. The smallest absolute Gasteiger partial charge is 0.417 e. The van der Waals surface area contributed by atoms with Gasteiger partial charge in [0.15, 0.2) is 5.60 Å². The number of halogens is 4. The molecule has 168 valence electrons. The molecule has 1 unspecified atom stereocenters. The van der Waals surface area contributed by atoms with E-state index in [1.165, 1.54) is 39.3 Å². The Hall–Kier alpha value is -2.81. The molecule has 0 spiro atoms. The Bertz CT molecular complexity index is 1080. The van der Waals surface area contributed by atoms with Gasteiger partial charge >= 0.3 is 6.18 Å². The van der Waals surface area contributed by atoms with Crippen LogP contribution in [0.5, 0.6) is 5.75 Å². The van der Waals surface area contributed by atoms with Crippen molar-refractivity contribution in [3.8, 4) is 5.75 Å². The molecule has 0 saturated carbocycles. The van der Waals surface area contributed by atoms with E-state index in [0.29, 0.717) is 16.7 Å². The zero-order valence-corrected chi connectivity index (χ0v) is 17.7. The Morgan fingerprint density at radius 2 is 1.87 bits per heavy atom. The maximum Gasteiger partial charge on any atom is 0.417 e. The number of ether oxygens (including phenoxy) is 1. The van der Waals surface area contributed by atoms with Crippen LogP contribution in [0.15, 0.2) is 36.5 Å². The second-order valence-electron chi connectivity index (χ2n) is 8.31. The second kappa shape index (κ2) is 8.03. The Kier molecular flexibility index (Phi) is 5.92. The van der Waals surface area contributed by atoms with Crippen LogP contribution >= 0.6 is 0 Å². The first-order valence-electron chi connectivity index (χ1n) is 9.67. The Balaban J connectivity index is 1.98. The molecule has 0 fully saturated rings. The fraction of sp³-hybridized carbons (Fsp3) is 0.409. The molecule has 0 aliphatic heterocycles. The fourth-order valence-electron chi connectivity index (χ4n) is 3.94. The number of hydrogen-bond acceptors (Lipinski definition) is 4. The number of H-pyrrole nitrogens is 1. The van der Waals surface area contributed by atoms with Crippen molar-refractivity contribution in [2.24, 2.45) is 0 Å². The summed E-state index contributed by atoms with van der Waals surface area (Å²) in [6.45, 7) is 3.05. The maximum atomic E-state index is 14.1. The van der Waals surface area contributed by atoms with Gasteiger partial charge in [-0.3, -0.25) is 0 Å². The van der Waals surface area contributed by atoms with Gasteiger partial charge in [0.25, 0.3) is 0 Å². The number of nitrogens with one attached hydrogen (secondary N) is 2. The van der Waals surface area contributed by atoms with Gasteiger partial charge in [-0.15, -0.1) is 0 Å². The molecule has 3 aromatic rings. The van der Waals surface area contributed by atoms with E-state index in [4.69, 9.17) is 4.74 Å². The van der Waals surface area contributed by atoms with Crippen LogP contribution in [0, 0.1) is 5.82 Å². The third kappa shape index (κ3) is 4.61. The monoisotopic (exact) mass is 439 g/mol. The van der Waals surface area contributed by atoms with E-state index in [1.54, 1.807) is 19.2 Å². The predicted octanol–water partition coefficient (Wildman–Crippen LogP) is 4.96. The van der Waals surface area contributed by atoms with Crippen LogP contribution in [0.1, 0.15) is 31.5 Å². The number of alkyl halides is 3. The van der Waals surface area contributed by atoms with Gasteiger partial charge in [-0.1, -0.05) is 13.8 Å². The van der Waals surface area contributed by atoms with Crippen LogP contribution in [0.25, 0.3) is 10.9 Å². The number of methoxy groups -OCH3 is 1. The van der Waals surface area contributed by atoms with Gasteiger partial charge in [-0.2, -0.15) is 13.2 Å². The lowest BCUT2D eigenvalue weighted by Crippen LogP contribution is -2.51. The molecule has 2 aromatic heterocycles. The van der Waals surface area contributed by atoms with Gasteiger partial charge in [0.1, 0.15) is 17.4 Å². The van der Waals surface area contributed by atoms with E-state index in [1.807, 2.05) is 0 Å². The van der Waals surface area contributed by atoms with Crippen molar-refractivity contribution in [1.82, 2.24) is 9.97 Å². The quantitative estimate of drug-likeness (QED) is 0.456. The standard InChI is InChI=1S/C22H25F4N3O2/c1-20(2,16-9-14(23)5-6-18(16)31-4)12-21(30,22(24,25)26)10-15-7-13-8-19(27-3)28-11-17(13)29-15/h5-9,11,29-30H,10,12H2,1-4H3,(H,27,28). The average Bonchev–Trinajstić information content (AvgIpc) is 3.07. The van der Waals surface area contributed by atoms with Crippen LogP contribution in [-0.4, -0.2) is 41.0 Å². The third-order valence-corrected chi connectivity index (χ3v) is 5.45. The molecule has 0 amide bonds. The first-order valence-corrected chi connectivity index (χ1v) is 9.67. The van der Waals surface area contributed by atoms with E-state index >= 15 is 0 Å². The number of aromatic amines is 1. The number of rotatable bonds is 7. The number of anilines is 1. The number of pyridine rings is 1. The summed E-state index contributed by atoms with van der Waals surface area (Å²) in [6, 6.07) is 6.94. The molecule has 0 saturated heterocycles. The van der Waals surface area contributed by atoms with Crippen LogP contribution in [0.4, 0.5) is 23.4 Å². The van der Waals surface area contributed by atoms with Crippen LogP contribution in [0.2, 0.25) is 0 Å². The van der Waals surface area contributed by atoms with E-state index in [-0.39, 0.29) is 17.0 Å². The van der Waals surface area contributed by atoms with Crippen LogP contribution in [-0.2, 0) is 11.8 Å². The van der Waals surface area contributed by atoms with Crippen molar-refractivity contribution >= 4 is 16.7 Å². The van der Waals surface area contributed by atoms with E-state index in [9.17, 15) is 22.7 Å². The summed E-state index contributed by atoms with van der Waals surface area (Å²) in [6.07, 6.45) is -4.80. The lowest BCUT2D eigenvalue weighted by Gasteiger charge is -2.38. The SMILES string of the molecule is CNc1cc2cc(CC(O)(CC(C)(C)c3cc(F)ccc3OC)C(F)(F)F)[nH]c2cn1. The summed E-state index contributed by atoms with van der Waals surface area (Å²) in [4.78, 5) is 7.03. The van der Waals surface area contributed by atoms with Gasteiger partial charge in [-0.25, -0.2) is 9.37 Å². The van der Waals surface area contributed by atoms with Crippen molar-refractivity contribution in [3.05, 3.63) is 53.6 Å². The molecule has 3 rings (SSSR count). The fourth-order valence-corrected chi connectivity index (χ4v) is 3.94. The van der Waals surface area contributed by atoms with Gasteiger partial charge in [0.2, 0.25) is 0 Å². The summed E-state index contributed by atoms with van der Waals surface area (Å²) < 4.78 is 61.3. The lowest BCUT2D eigenvalue weighted by atomic mass is 9.73. The summed E-state index contributed by atoms with van der Waals surface area (Å²) in [5.41, 5.74) is -3.29. The lowest BCUT2D eigenvalue weighted by molar-refractivity contribution is -0.266. The molecule has 0 aliphatic carbocycles. The molecule has 0 radical (unpaired) electrons. The Labute approximate surface area is 177 Å². The highest BCUT2D eigenvalue weighted by Gasteiger charge is 2.56. The number of benzene rings is 1. The third-order valence-electron chi connectivity index (χ3n) is 5.45. The topological polar surface area (TPSA) is 70.2 Å². The maximum absolute atomic E-state index is 14.1. The summed E-state index contributed by atoms with van der Waals surface area (Å²) >= 11 is 0. The summed E-state index contributed by atoms with van der Waals surface area (Å²) in [7, 11) is 3.05. The minimum Gasteiger partial charge on any atom is -0.496 e. The van der Waals surface area contributed by atoms with Crippen molar-refractivity contribution < 1.29 is 27.4 Å². The molecule has 31 heavy (non-hydrogen) atoms. The zero-order valence-electron chi connectivity index (χ0n) is 17.7. The van der Waals surface area contributed by atoms with Crippen LogP contribution < -0.4 is 10.1 Å². The molecule has 5 nitrogen and oxygen atoms in total. The molecule has 2 heterocycles. The Morgan fingerprint density at radius 1 is 1.16 bits per heavy atom. The number of hydrogen-bond donors (Lipinski definition) is 3. The summed E-state index contributed by atoms with van der Waals surface area (Å²) in [5.74, 6) is 0.235. The summed E-state index contributed by atoms with van der Waals surface area (Å²) in [5, 5.41) is 14.4. The first-order chi connectivity index (χ1) is 14.4. The van der Waals surface area contributed by atoms with Gasteiger partial charge < -0.3 is 20.1 Å². The molecule has 1 atom stereocenters. The van der Waals surface area contributed by atoms with Crippen molar-refractivity contribution in [2.75, 3.05) is 19.5 Å². The van der Waals surface area contributed by atoms with E-state index < -0.39 is 35.9 Å². The molecule has 0 aliphatic rings. The molecular weight excluding hydrogens is 414 g/mol. The van der Waals surface area contributed by atoms with Gasteiger partial charge in [0, 0.05) is 30.1 Å². The minimum atomic E-state index is -4.92. The van der Waals surface area contributed by atoms with Crippen molar-refractivity contribution in [1.29, 1.82) is 0 Å². The highest BCUT2D eigenvalue weighted by molar-refractivity contribution is 5.82. The second-order valence-corrected chi connectivity index (χ2v) is 8.31. The molecular formula is C22H25F4N3O2.